The molecule has 31 heavy (non-hydrogen) atoms. The van der Waals surface area contributed by atoms with Crippen molar-refractivity contribution in [3.63, 3.8) is 0 Å². The van der Waals surface area contributed by atoms with Crippen LogP contribution in [0, 0.1) is 0 Å². The quantitative estimate of drug-likeness (QED) is 0.465. The number of para-hydroxylation sites is 1. The van der Waals surface area contributed by atoms with Crippen LogP contribution in [0.2, 0.25) is 5.02 Å². The summed E-state index contributed by atoms with van der Waals surface area (Å²) in [4.78, 5) is 26.6. The molecule has 1 fully saturated rings. The second-order valence-electron chi connectivity index (χ2n) is 7.56. The van der Waals surface area contributed by atoms with Crippen molar-refractivity contribution in [2.45, 2.75) is 0 Å². The number of aromatic nitrogens is 2. The Labute approximate surface area is 185 Å². The Hall–Kier alpha value is -3.44. The minimum atomic E-state index is 0.0460. The zero-order valence-corrected chi connectivity index (χ0v) is 17.7. The highest BCUT2D eigenvalue weighted by Crippen LogP contribution is 2.26. The van der Waals surface area contributed by atoms with Crippen molar-refractivity contribution >= 4 is 34.1 Å². The Morgan fingerprint density at radius 1 is 0.871 bits per heavy atom. The molecule has 6 heteroatoms. The highest BCUT2D eigenvalue weighted by Gasteiger charge is 2.24. The molecule has 4 aromatic rings. The van der Waals surface area contributed by atoms with Gasteiger partial charge in [0, 0.05) is 60.2 Å². The number of fused-ring (bicyclic) bond motifs is 1. The van der Waals surface area contributed by atoms with Gasteiger partial charge in [0.15, 0.2) is 0 Å². The Morgan fingerprint density at radius 3 is 2.32 bits per heavy atom. The first-order valence-corrected chi connectivity index (χ1v) is 10.7. The molecule has 0 unspecified atom stereocenters. The van der Waals surface area contributed by atoms with Crippen molar-refractivity contribution in [3.05, 3.63) is 89.7 Å². The molecule has 0 radical (unpaired) electrons. The number of carbonyl (C=O) groups excluding carboxylic acids is 1. The number of piperazine rings is 1. The van der Waals surface area contributed by atoms with Crippen molar-refractivity contribution in [2.75, 3.05) is 31.1 Å². The van der Waals surface area contributed by atoms with Crippen molar-refractivity contribution in [1.82, 2.24) is 14.9 Å². The second kappa shape index (κ2) is 8.36. The Balaban J connectivity index is 1.43. The summed E-state index contributed by atoms with van der Waals surface area (Å²) in [5, 5.41) is 1.61. The number of halogens is 1. The molecule has 5 nitrogen and oxygen atoms in total. The molecule has 0 atom stereocenters. The Bertz CT molecular complexity index is 1220. The maximum atomic E-state index is 13.5. The zero-order chi connectivity index (χ0) is 21.2. The number of carbonyl (C=O) groups is 1. The molecule has 0 spiro atoms. The maximum absolute atomic E-state index is 13.5. The summed E-state index contributed by atoms with van der Waals surface area (Å²) in [5.41, 5.74) is 4.37. The molecule has 1 amide bonds. The summed E-state index contributed by atoms with van der Waals surface area (Å²) < 4.78 is 0. The van der Waals surface area contributed by atoms with Crippen molar-refractivity contribution in [3.8, 4) is 11.3 Å². The van der Waals surface area contributed by atoms with Gasteiger partial charge in [-0.15, -0.1) is 0 Å². The Morgan fingerprint density at radius 2 is 1.58 bits per heavy atom. The van der Waals surface area contributed by atoms with Gasteiger partial charge in [-0.1, -0.05) is 29.8 Å². The van der Waals surface area contributed by atoms with E-state index in [2.05, 4.69) is 9.88 Å². The van der Waals surface area contributed by atoms with Gasteiger partial charge in [-0.3, -0.25) is 9.78 Å². The van der Waals surface area contributed by atoms with Gasteiger partial charge in [0.25, 0.3) is 5.91 Å². The predicted octanol–water partition coefficient (Wildman–Crippen LogP) is 4.91. The average molecular weight is 429 g/mol. The summed E-state index contributed by atoms with van der Waals surface area (Å²) in [7, 11) is 0. The van der Waals surface area contributed by atoms with Crippen LogP contribution in [0.5, 0.6) is 0 Å². The van der Waals surface area contributed by atoms with Gasteiger partial charge in [0.1, 0.15) is 0 Å². The van der Waals surface area contributed by atoms with E-state index in [0.29, 0.717) is 18.7 Å². The van der Waals surface area contributed by atoms with E-state index in [1.807, 2.05) is 71.6 Å². The summed E-state index contributed by atoms with van der Waals surface area (Å²) in [6.45, 7) is 2.91. The molecule has 0 bridgehead atoms. The zero-order valence-electron chi connectivity index (χ0n) is 16.9. The second-order valence-corrected chi connectivity index (χ2v) is 8.00. The number of benzene rings is 2. The van der Waals surface area contributed by atoms with E-state index in [4.69, 9.17) is 16.6 Å². The molecule has 1 aliphatic rings. The van der Waals surface area contributed by atoms with Crippen LogP contribution in [0.3, 0.4) is 0 Å². The van der Waals surface area contributed by atoms with E-state index < -0.39 is 0 Å². The van der Waals surface area contributed by atoms with E-state index in [1.54, 1.807) is 12.4 Å². The van der Waals surface area contributed by atoms with Crippen LogP contribution in [-0.2, 0) is 0 Å². The van der Waals surface area contributed by atoms with Crippen LogP contribution in [0.15, 0.2) is 79.1 Å². The average Bonchev–Trinajstić information content (AvgIpc) is 2.84. The third-order valence-electron chi connectivity index (χ3n) is 5.68. The fourth-order valence-electron chi connectivity index (χ4n) is 4.01. The first-order chi connectivity index (χ1) is 15.2. The summed E-state index contributed by atoms with van der Waals surface area (Å²) in [5.74, 6) is 0.0460. The van der Waals surface area contributed by atoms with Crippen LogP contribution >= 0.6 is 11.6 Å². The monoisotopic (exact) mass is 428 g/mol. The molecule has 5 rings (SSSR count). The number of pyridine rings is 2. The molecule has 2 aromatic carbocycles. The van der Waals surface area contributed by atoms with Gasteiger partial charge in [-0.25, -0.2) is 4.98 Å². The first kappa shape index (κ1) is 19.5. The highest BCUT2D eigenvalue weighted by molar-refractivity contribution is 6.30. The van der Waals surface area contributed by atoms with Gasteiger partial charge in [-0.2, -0.15) is 0 Å². The number of hydrogen-bond acceptors (Lipinski definition) is 4. The van der Waals surface area contributed by atoms with Crippen molar-refractivity contribution < 1.29 is 4.79 Å². The van der Waals surface area contributed by atoms with Gasteiger partial charge in [0.05, 0.1) is 16.8 Å². The van der Waals surface area contributed by atoms with Crippen LogP contribution in [0.25, 0.3) is 22.2 Å². The first-order valence-electron chi connectivity index (χ1n) is 10.3. The van der Waals surface area contributed by atoms with Crippen molar-refractivity contribution in [1.29, 1.82) is 0 Å². The number of nitrogens with zero attached hydrogens (tertiary/aromatic N) is 4. The maximum Gasteiger partial charge on any atom is 0.254 e. The third-order valence-corrected chi connectivity index (χ3v) is 5.93. The molecular formula is C25H21ClN4O. The number of hydrogen-bond donors (Lipinski definition) is 0. The van der Waals surface area contributed by atoms with E-state index in [0.717, 1.165) is 46.0 Å². The minimum absolute atomic E-state index is 0.0460. The van der Waals surface area contributed by atoms with E-state index in [-0.39, 0.29) is 5.91 Å². The smallest absolute Gasteiger partial charge is 0.254 e. The van der Waals surface area contributed by atoms with Crippen LogP contribution in [0.4, 0.5) is 5.69 Å². The van der Waals surface area contributed by atoms with Gasteiger partial charge < -0.3 is 9.80 Å². The molecule has 154 valence electrons. The SMILES string of the molecule is O=C(c1cc(-c2ccncc2)nc2ccccc12)N1CCN(c2ccc(Cl)cc2)CC1. The van der Waals surface area contributed by atoms with Gasteiger partial charge in [0.2, 0.25) is 0 Å². The lowest BCUT2D eigenvalue weighted by molar-refractivity contribution is 0.0748. The molecule has 1 saturated heterocycles. The number of anilines is 1. The summed E-state index contributed by atoms with van der Waals surface area (Å²) >= 11 is 6.01. The lowest BCUT2D eigenvalue weighted by Gasteiger charge is -2.36. The molecule has 1 aliphatic heterocycles. The van der Waals surface area contributed by atoms with E-state index >= 15 is 0 Å². The predicted molar refractivity (Wildman–Crippen MR) is 125 cm³/mol. The Kier molecular flexibility index (Phi) is 5.26. The molecule has 3 heterocycles. The molecule has 0 saturated carbocycles. The summed E-state index contributed by atoms with van der Waals surface area (Å²) in [6, 6.07) is 21.4. The summed E-state index contributed by atoms with van der Waals surface area (Å²) in [6.07, 6.45) is 3.48. The fraction of sp³-hybridized carbons (Fsp3) is 0.160. The van der Waals surface area contributed by atoms with E-state index in [9.17, 15) is 4.79 Å². The van der Waals surface area contributed by atoms with Crippen LogP contribution < -0.4 is 4.90 Å². The molecule has 2 aromatic heterocycles. The fourth-order valence-corrected chi connectivity index (χ4v) is 4.14. The molecule has 0 aliphatic carbocycles. The van der Waals surface area contributed by atoms with Crippen LogP contribution in [0.1, 0.15) is 10.4 Å². The lowest BCUT2D eigenvalue weighted by Crippen LogP contribution is -2.48. The van der Waals surface area contributed by atoms with Gasteiger partial charge >= 0.3 is 0 Å². The third kappa shape index (κ3) is 3.97. The molecule has 0 N–H and O–H groups in total. The van der Waals surface area contributed by atoms with E-state index in [1.165, 1.54) is 0 Å². The highest BCUT2D eigenvalue weighted by atomic mass is 35.5. The van der Waals surface area contributed by atoms with Crippen LogP contribution in [-0.4, -0.2) is 47.0 Å². The largest absolute Gasteiger partial charge is 0.368 e. The molecular weight excluding hydrogens is 408 g/mol. The lowest BCUT2D eigenvalue weighted by atomic mass is 10.0. The van der Waals surface area contributed by atoms with Crippen molar-refractivity contribution in [2.24, 2.45) is 0 Å². The standard InChI is InChI=1S/C25H21ClN4O/c26-19-5-7-20(8-6-19)29-13-15-30(16-14-29)25(31)22-17-24(18-9-11-27-12-10-18)28-23-4-2-1-3-21(22)23/h1-12,17H,13-16H2. The van der Waals surface area contributed by atoms with Gasteiger partial charge in [-0.05, 0) is 48.5 Å². The number of rotatable bonds is 3. The topological polar surface area (TPSA) is 49.3 Å². The number of amides is 1. The normalized spacial score (nSPS) is 14.1. The minimum Gasteiger partial charge on any atom is -0.368 e.